The van der Waals surface area contributed by atoms with Crippen LogP contribution in [0.3, 0.4) is 0 Å². The van der Waals surface area contributed by atoms with Crippen molar-refractivity contribution in [1.29, 1.82) is 0 Å². The van der Waals surface area contributed by atoms with E-state index in [1.807, 2.05) is 36.4 Å². The van der Waals surface area contributed by atoms with Crippen molar-refractivity contribution in [3.05, 3.63) is 59.7 Å². The van der Waals surface area contributed by atoms with Gasteiger partial charge in [0.25, 0.3) is 0 Å². The van der Waals surface area contributed by atoms with Gasteiger partial charge in [0, 0.05) is 6.42 Å². The number of hydrogen-bond acceptors (Lipinski definition) is 3. The number of carbonyl (C=O) groups is 1. The van der Waals surface area contributed by atoms with Crippen LogP contribution in [0, 0.1) is 0 Å². The summed E-state index contributed by atoms with van der Waals surface area (Å²) in [5.41, 5.74) is 2.37. The van der Waals surface area contributed by atoms with Crippen LogP contribution in [0.25, 0.3) is 0 Å². The van der Waals surface area contributed by atoms with Crippen LogP contribution in [0.15, 0.2) is 48.5 Å². The van der Waals surface area contributed by atoms with Gasteiger partial charge in [0.05, 0.1) is 0 Å². The maximum Gasteiger partial charge on any atom is 0.303 e. The smallest absolute Gasteiger partial charge is 0.303 e. The minimum absolute atomic E-state index is 0.0946. The number of carboxylic acids is 1. The zero-order chi connectivity index (χ0) is 19.0. The third-order valence-corrected chi connectivity index (χ3v) is 4.71. The van der Waals surface area contributed by atoms with Gasteiger partial charge in [-0.15, -0.1) is 0 Å². The molecule has 0 amide bonds. The molecule has 26 heavy (non-hydrogen) atoms. The maximum absolute atomic E-state index is 10.7. The molecule has 0 saturated carbocycles. The van der Waals surface area contributed by atoms with Gasteiger partial charge >= 0.3 is 5.97 Å². The summed E-state index contributed by atoms with van der Waals surface area (Å²) in [5.74, 6) is 0.735. The van der Waals surface area contributed by atoms with Crippen molar-refractivity contribution >= 4 is 5.97 Å². The Balaban J connectivity index is 1.83. The molecule has 4 nitrogen and oxygen atoms in total. The summed E-state index contributed by atoms with van der Waals surface area (Å²) in [4.78, 5) is 10.7. The molecule has 0 aliphatic rings. The van der Waals surface area contributed by atoms with Gasteiger partial charge in [-0.2, -0.15) is 0 Å². The van der Waals surface area contributed by atoms with Crippen molar-refractivity contribution in [1.82, 2.24) is 0 Å². The first-order chi connectivity index (χ1) is 12.4. The van der Waals surface area contributed by atoms with Crippen LogP contribution < -0.4 is 9.47 Å². The number of ether oxygens (including phenoxy) is 2. The van der Waals surface area contributed by atoms with E-state index >= 15 is 0 Å². The van der Waals surface area contributed by atoms with Crippen LogP contribution in [0.1, 0.15) is 44.7 Å². The van der Waals surface area contributed by atoms with Gasteiger partial charge in [-0.25, -0.2) is 0 Å². The first-order valence-corrected chi connectivity index (χ1v) is 9.08. The Hall–Kier alpha value is -2.49. The number of aliphatic carboxylic acids is 1. The SMILES string of the molecule is CCC(C)(C)c1ccc(OCCOc2ccccc2CCC(=O)O)cc1. The molecule has 0 unspecified atom stereocenters. The molecular formula is C22H28O4. The van der Waals surface area contributed by atoms with Crippen molar-refractivity contribution in [2.24, 2.45) is 0 Å². The highest BCUT2D eigenvalue weighted by Crippen LogP contribution is 2.28. The molecule has 0 radical (unpaired) electrons. The van der Waals surface area contributed by atoms with E-state index < -0.39 is 5.97 Å². The lowest BCUT2D eigenvalue weighted by Crippen LogP contribution is -2.15. The van der Waals surface area contributed by atoms with E-state index in [2.05, 4.69) is 32.9 Å². The number of aryl methyl sites for hydroxylation is 1. The predicted octanol–water partition coefficient (Wildman–Crippen LogP) is 4.85. The molecule has 2 rings (SSSR count). The molecule has 0 atom stereocenters. The fraction of sp³-hybridized carbons (Fsp3) is 0.409. The van der Waals surface area contributed by atoms with E-state index in [1.165, 1.54) is 5.56 Å². The molecule has 140 valence electrons. The zero-order valence-electron chi connectivity index (χ0n) is 15.8. The number of benzene rings is 2. The molecular weight excluding hydrogens is 328 g/mol. The average molecular weight is 356 g/mol. The van der Waals surface area contributed by atoms with Crippen molar-refractivity contribution in [2.75, 3.05) is 13.2 Å². The molecule has 0 spiro atoms. The lowest BCUT2D eigenvalue weighted by Gasteiger charge is -2.23. The third kappa shape index (κ3) is 5.80. The number of carboxylic acid groups (broad SMARTS) is 1. The highest BCUT2D eigenvalue weighted by molar-refractivity contribution is 5.67. The van der Waals surface area contributed by atoms with Crippen LogP contribution >= 0.6 is 0 Å². The average Bonchev–Trinajstić information content (AvgIpc) is 2.64. The molecule has 0 aliphatic carbocycles. The minimum Gasteiger partial charge on any atom is -0.490 e. The molecule has 0 bridgehead atoms. The Morgan fingerprint density at radius 3 is 2.31 bits per heavy atom. The largest absolute Gasteiger partial charge is 0.490 e. The zero-order valence-corrected chi connectivity index (χ0v) is 15.8. The number of hydrogen-bond donors (Lipinski definition) is 1. The van der Waals surface area contributed by atoms with E-state index in [0.29, 0.717) is 19.6 Å². The molecule has 2 aromatic rings. The molecule has 2 aromatic carbocycles. The van der Waals surface area contributed by atoms with Gasteiger partial charge in [-0.05, 0) is 47.6 Å². The van der Waals surface area contributed by atoms with Crippen molar-refractivity contribution in [3.8, 4) is 11.5 Å². The van der Waals surface area contributed by atoms with Gasteiger partial charge in [0.15, 0.2) is 0 Å². The van der Waals surface area contributed by atoms with E-state index in [4.69, 9.17) is 14.6 Å². The summed E-state index contributed by atoms with van der Waals surface area (Å²) in [6.45, 7) is 7.50. The monoisotopic (exact) mass is 356 g/mol. The Kier molecular flexibility index (Phi) is 7.07. The molecule has 0 saturated heterocycles. The third-order valence-electron chi connectivity index (χ3n) is 4.71. The normalized spacial score (nSPS) is 11.2. The van der Waals surface area contributed by atoms with E-state index in [0.717, 1.165) is 23.5 Å². The van der Waals surface area contributed by atoms with Gasteiger partial charge < -0.3 is 14.6 Å². The van der Waals surface area contributed by atoms with Crippen molar-refractivity contribution in [2.45, 2.75) is 45.4 Å². The Morgan fingerprint density at radius 1 is 1.00 bits per heavy atom. The molecule has 0 fully saturated rings. The van der Waals surface area contributed by atoms with Gasteiger partial charge in [-0.3, -0.25) is 4.79 Å². The van der Waals surface area contributed by atoms with Gasteiger partial charge in [0.1, 0.15) is 24.7 Å². The molecule has 4 heteroatoms. The second-order valence-electron chi connectivity index (χ2n) is 6.96. The molecule has 0 aliphatic heterocycles. The second-order valence-corrected chi connectivity index (χ2v) is 6.96. The van der Waals surface area contributed by atoms with Gasteiger partial charge in [0.2, 0.25) is 0 Å². The number of rotatable bonds is 10. The Morgan fingerprint density at radius 2 is 1.65 bits per heavy atom. The van der Waals surface area contributed by atoms with Crippen molar-refractivity contribution < 1.29 is 19.4 Å². The quantitative estimate of drug-likeness (QED) is 0.618. The summed E-state index contributed by atoms with van der Waals surface area (Å²) < 4.78 is 11.5. The lowest BCUT2D eigenvalue weighted by molar-refractivity contribution is -0.136. The second kappa shape index (κ2) is 9.27. The van der Waals surface area contributed by atoms with Gasteiger partial charge in [-0.1, -0.05) is 51.1 Å². The Labute approximate surface area is 155 Å². The predicted molar refractivity (Wildman–Crippen MR) is 103 cm³/mol. The fourth-order valence-electron chi connectivity index (χ4n) is 2.61. The summed E-state index contributed by atoms with van der Waals surface area (Å²) in [6.07, 6.45) is 1.64. The standard InChI is InChI=1S/C22H28O4/c1-4-22(2,3)18-10-12-19(13-11-18)25-15-16-26-20-8-6-5-7-17(20)9-14-21(23)24/h5-8,10-13H,4,9,14-16H2,1-3H3,(H,23,24). The Bertz CT molecular complexity index is 704. The topological polar surface area (TPSA) is 55.8 Å². The first-order valence-electron chi connectivity index (χ1n) is 9.08. The van der Waals surface area contributed by atoms with E-state index in [1.54, 1.807) is 0 Å². The van der Waals surface area contributed by atoms with Crippen LogP contribution in [0.5, 0.6) is 11.5 Å². The highest BCUT2D eigenvalue weighted by Gasteiger charge is 2.17. The van der Waals surface area contributed by atoms with E-state index in [-0.39, 0.29) is 11.8 Å². The van der Waals surface area contributed by atoms with Crippen LogP contribution in [0.2, 0.25) is 0 Å². The van der Waals surface area contributed by atoms with Crippen LogP contribution in [0.4, 0.5) is 0 Å². The number of para-hydroxylation sites is 1. The van der Waals surface area contributed by atoms with E-state index in [9.17, 15) is 4.79 Å². The summed E-state index contributed by atoms with van der Waals surface area (Å²) >= 11 is 0. The van der Waals surface area contributed by atoms with Crippen molar-refractivity contribution in [3.63, 3.8) is 0 Å². The molecule has 0 heterocycles. The fourth-order valence-corrected chi connectivity index (χ4v) is 2.61. The van der Waals surface area contributed by atoms with Crippen LogP contribution in [-0.4, -0.2) is 24.3 Å². The summed E-state index contributed by atoms with van der Waals surface area (Å²) in [6, 6.07) is 15.7. The minimum atomic E-state index is -0.808. The lowest BCUT2D eigenvalue weighted by atomic mass is 9.82. The molecule has 1 N–H and O–H groups in total. The first kappa shape index (κ1) is 19.8. The maximum atomic E-state index is 10.7. The summed E-state index contributed by atoms with van der Waals surface area (Å²) in [5, 5.41) is 8.83. The molecule has 0 aromatic heterocycles. The highest BCUT2D eigenvalue weighted by atomic mass is 16.5. The van der Waals surface area contributed by atoms with Crippen LogP contribution in [-0.2, 0) is 16.6 Å². The summed E-state index contributed by atoms with van der Waals surface area (Å²) in [7, 11) is 0.